The van der Waals surface area contributed by atoms with E-state index in [0.29, 0.717) is 11.3 Å². The molecule has 0 fully saturated rings. The van der Waals surface area contributed by atoms with Crippen LogP contribution in [0.2, 0.25) is 0 Å². The number of nitrogens with one attached hydrogen (secondary N) is 1. The van der Waals surface area contributed by atoms with Crippen molar-refractivity contribution in [2.45, 2.75) is 6.92 Å². The molecule has 21 heavy (non-hydrogen) atoms. The number of carbonyl (C=O) groups is 2. The Morgan fingerprint density at radius 2 is 1.52 bits per heavy atom. The molecule has 106 valence electrons. The number of ether oxygens (including phenoxy) is 1. The molecule has 5 nitrogen and oxygen atoms in total. The van der Waals surface area contributed by atoms with Crippen molar-refractivity contribution in [1.29, 1.82) is 0 Å². The number of hydrogen-bond donors (Lipinski definition) is 1. The zero-order valence-electron chi connectivity index (χ0n) is 11.4. The Labute approximate surface area is 122 Å². The van der Waals surface area contributed by atoms with E-state index < -0.39 is 5.97 Å². The molecule has 2 rings (SSSR count). The zero-order valence-corrected chi connectivity index (χ0v) is 11.4. The lowest BCUT2D eigenvalue weighted by molar-refractivity contribution is -0.127. The van der Waals surface area contributed by atoms with Gasteiger partial charge in [0, 0.05) is 5.56 Å². The SMILES string of the molecule is C/C(=N\NC(=O)c1ccccc1)C(=O)Oc1ccccc1. The van der Waals surface area contributed by atoms with Gasteiger partial charge in [-0.25, -0.2) is 10.2 Å². The highest BCUT2D eigenvalue weighted by Crippen LogP contribution is 2.08. The Bertz CT molecular complexity index is 652. The van der Waals surface area contributed by atoms with E-state index in [2.05, 4.69) is 10.5 Å². The molecule has 1 amide bonds. The number of carbonyl (C=O) groups excluding carboxylic acids is 2. The Hall–Kier alpha value is -2.95. The van der Waals surface area contributed by atoms with E-state index >= 15 is 0 Å². The summed E-state index contributed by atoms with van der Waals surface area (Å²) in [5, 5.41) is 3.74. The van der Waals surface area contributed by atoms with Crippen LogP contribution >= 0.6 is 0 Å². The number of para-hydroxylation sites is 1. The van der Waals surface area contributed by atoms with Gasteiger partial charge in [0.2, 0.25) is 0 Å². The zero-order chi connectivity index (χ0) is 15.1. The van der Waals surface area contributed by atoms with E-state index in [1.54, 1.807) is 48.5 Å². The van der Waals surface area contributed by atoms with Crippen molar-refractivity contribution in [3.05, 3.63) is 66.2 Å². The predicted octanol–water partition coefficient (Wildman–Crippen LogP) is 2.40. The lowest BCUT2D eigenvalue weighted by Crippen LogP contribution is -2.24. The first kappa shape index (κ1) is 14.5. The van der Waals surface area contributed by atoms with Gasteiger partial charge in [0.25, 0.3) is 5.91 Å². The van der Waals surface area contributed by atoms with Gasteiger partial charge >= 0.3 is 5.97 Å². The molecule has 5 heteroatoms. The summed E-state index contributed by atoms with van der Waals surface area (Å²) < 4.78 is 5.09. The average Bonchev–Trinajstić information content (AvgIpc) is 2.54. The summed E-state index contributed by atoms with van der Waals surface area (Å²) in [7, 11) is 0. The number of hydrazone groups is 1. The lowest BCUT2D eigenvalue weighted by Gasteiger charge is -2.04. The minimum Gasteiger partial charge on any atom is -0.422 e. The molecule has 0 aliphatic rings. The van der Waals surface area contributed by atoms with Crippen LogP contribution in [-0.4, -0.2) is 17.6 Å². The molecule has 0 saturated carbocycles. The molecule has 0 heterocycles. The monoisotopic (exact) mass is 282 g/mol. The molecule has 0 unspecified atom stereocenters. The second-order valence-electron chi connectivity index (χ2n) is 4.21. The normalized spacial score (nSPS) is 10.8. The maximum Gasteiger partial charge on any atom is 0.359 e. The van der Waals surface area contributed by atoms with Crippen molar-refractivity contribution in [3.63, 3.8) is 0 Å². The van der Waals surface area contributed by atoms with Crippen LogP contribution in [0.1, 0.15) is 17.3 Å². The standard InChI is InChI=1S/C16H14N2O3/c1-12(16(20)21-14-10-6-3-7-11-14)17-18-15(19)13-8-4-2-5-9-13/h2-11H,1H3,(H,18,19)/b17-12+. The molecule has 0 aromatic heterocycles. The Morgan fingerprint density at radius 1 is 0.952 bits per heavy atom. The van der Waals surface area contributed by atoms with Gasteiger partial charge in [-0.15, -0.1) is 0 Å². The highest BCUT2D eigenvalue weighted by molar-refractivity contribution is 6.36. The third-order valence-electron chi connectivity index (χ3n) is 2.61. The van der Waals surface area contributed by atoms with Gasteiger partial charge < -0.3 is 4.74 Å². The van der Waals surface area contributed by atoms with E-state index in [9.17, 15) is 9.59 Å². The van der Waals surface area contributed by atoms with Crippen LogP contribution in [0.3, 0.4) is 0 Å². The minimum absolute atomic E-state index is 0.0585. The first-order valence-corrected chi connectivity index (χ1v) is 6.34. The summed E-state index contributed by atoms with van der Waals surface area (Å²) in [4.78, 5) is 23.5. The van der Waals surface area contributed by atoms with Gasteiger partial charge in [0.1, 0.15) is 11.5 Å². The summed E-state index contributed by atoms with van der Waals surface area (Å²) >= 11 is 0. The Morgan fingerprint density at radius 3 is 2.14 bits per heavy atom. The van der Waals surface area contributed by atoms with Gasteiger partial charge in [-0.05, 0) is 31.2 Å². The van der Waals surface area contributed by atoms with Crippen molar-refractivity contribution >= 4 is 17.6 Å². The van der Waals surface area contributed by atoms with Crippen LogP contribution in [0, 0.1) is 0 Å². The van der Waals surface area contributed by atoms with Crippen LogP contribution < -0.4 is 10.2 Å². The van der Waals surface area contributed by atoms with Crippen molar-refractivity contribution in [2.75, 3.05) is 0 Å². The maximum atomic E-state index is 11.8. The Kier molecular flexibility index (Phi) is 4.82. The van der Waals surface area contributed by atoms with Gasteiger partial charge in [-0.2, -0.15) is 5.10 Å². The third kappa shape index (κ3) is 4.28. The molecule has 0 aliphatic heterocycles. The quantitative estimate of drug-likeness (QED) is 0.405. The number of esters is 1. The second kappa shape index (κ2) is 7.00. The molecule has 0 atom stereocenters. The molecule has 0 radical (unpaired) electrons. The van der Waals surface area contributed by atoms with E-state index in [0.717, 1.165) is 0 Å². The molecule has 0 aliphatic carbocycles. The molecule has 2 aromatic carbocycles. The predicted molar refractivity (Wildman–Crippen MR) is 79.1 cm³/mol. The Balaban J connectivity index is 1.95. The fourth-order valence-electron chi connectivity index (χ4n) is 1.50. The first-order valence-electron chi connectivity index (χ1n) is 6.34. The topological polar surface area (TPSA) is 67.8 Å². The van der Waals surface area contributed by atoms with E-state index in [1.165, 1.54) is 6.92 Å². The average molecular weight is 282 g/mol. The summed E-state index contributed by atoms with van der Waals surface area (Å²) in [5.41, 5.74) is 2.84. The van der Waals surface area contributed by atoms with Crippen LogP contribution in [0.15, 0.2) is 65.8 Å². The number of rotatable bonds is 4. The maximum absolute atomic E-state index is 11.8. The molecular weight excluding hydrogens is 268 g/mol. The summed E-state index contributed by atoms with van der Waals surface area (Å²) in [5.74, 6) is -0.580. The van der Waals surface area contributed by atoms with Crippen LogP contribution in [-0.2, 0) is 4.79 Å². The highest BCUT2D eigenvalue weighted by Gasteiger charge is 2.10. The fraction of sp³-hybridized carbons (Fsp3) is 0.0625. The van der Waals surface area contributed by atoms with Gasteiger partial charge in [0.05, 0.1) is 0 Å². The van der Waals surface area contributed by atoms with Crippen LogP contribution in [0.4, 0.5) is 0 Å². The van der Waals surface area contributed by atoms with E-state index in [4.69, 9.17) is 4.74 Å². The van der Waals surface area contributed by atoms with Gasteiger partial charge in [-0.1, -0.05) is 36.4 Å². The molecule has 0 saturated heterocycles. The number of benzene rings is 2. The van der Waals surface area contributed by atoms with Crippen molar-refractivity contribution < 1.29 is 14.3 Å². The number of hydrogen-bond acceptors (Lipinski definition) is 4. The van der Waals surface area contributed by atoms with E-state index in [1.807, 2.05) is 12.1 Å². The number of amides is 1. The summed E-state index contributed by atoms with van der Waals surface area (Å²) in [6, 6.07) is 17.3. The molecule has 1 N–H and O–H groups in total. The van der Waals surface area contributed by atoms with Crippen molar-refractivity contribution in [2.24, 2.45) is 5.10 Å². The minimum atomic E-state index is -0.616. The molecule has 0 spiro atoms. The largest absolute Gasteiger partial charge is 0.422 e. The smallest absolute Gasteiger partial charge is 0.359 e. The summed E-state index contributed by atoms with van der Waals surface area (Å²) in [6.45, 7) is 1.47. The fourth-order valence-corrected chi connectivity index (χ4v) is 1.50. The van der Waals surface area contributed by atoms with Crippen LogP contribution in [0.5, 0.6) is 5.75 Å². The van der Waals surface area contributed by atoms with Crippen LogP contribution in [0.25, 0.3) is 0 Å². The van der Waals surface area contributed by atoms with Gasteiger partial charge in [0.15, 0.2) is 0 Å². The van der Waals surface area contributed by atoms with E-state index in [-0.39, 0.29) is 11.6 Å². The van der Waals surface area contributed by atoms with Crippen molar-refractivity contribution in [3.8, 4) is 5.75 Å². The lowest BCUT2D eigenvalue weighted by atomic mass is 10.2. The van der Waals surface area contributed by atoms with Gasteiger partial charge in [-0.3, -0.25) is 4.79 Å². The second-order valence-corrected chi connectivity index (χ2v) is 4.21. The first-order chi connectivity index (χ1) is 10.2. The molecule has 2 aromatic rings. The molecular formula is C16H14N2O3. The highest BCUT2D eigenvalue weighted by atomic mass is 16.5. The molecule has 0 bridgehead atoms. The summed E-state index contributed by atoms with van der Waals surface area (Å²) in [6.07, 6.45) is 0. The van der Waals surface area contributed by atoms with Crippen molar-refractivity contribution in [1.82, 2.24) is 5.43 Å². The number of nitrogens with zero attached hydrogens (tertiary/aromatic N) is 1. The third-order valence-corrected chi connectivity index (χ3v) is 2.61.